The Bertz CT molecular complexity index is 1450. The molecule has 37 heavy (non-hydrogen) atoms. The number of anilines is 1. The van der Waals surface area contributed by atoms with E-state index in [1.54, 1.807) is 48.5 Å². The summed E-state index contributed by atoms with van der Waals surface area (Å²) in [5.74, 6) is -1.19. The van der Waals surface area contributed by atoms with Crippen LogP contribution in [0, 0.1) is 0 Å². The zero-order chi connectivity index (χ0) is 25.8. The third-order valence-electron chi connectivity index (χ3n) is 5.68. The van der Waals surface area contributed by atoms with E-state index in [1.165, 1.54) is 29.7 Å². The van der Waals surface area contributed by atoms with Crippen LogP contribution in [0.3, 0.4) is 0 Å². The highest BCUT2D eigenvalue weighted by molar-refractivity contribution is 6.30. The molecule has 186 valence electrons. The number of hydrazone groups is 1. The van der Waals surface area contributed by atoms with Crippen molar-refractivity contribution in [2.75, 3.05) is 11.9 Å². The summed E-state index contributed by atoms with van der Waals surface area (Å²) in [6.07, 6.45) is 3.30. The lowest BCUT2D eigenvalue weighted by atomic mass is 10.0. The predicted octanol–water partition coefficient (Wildman–Crippen LogP) is 5.31. The van der Waals surface area contributed by atoms with Gasteiger partial charge in [-0.2, -0.15) is 5.10 Å². The van der Waals surface area contributed by atoms with E-state index in [9.17, 15) is 14.4 Å². The Morgan fingerprint density at radius 3 is 2.46 bits per heavy atom. The Balaban J connectivity index is 1.30. The molecule has 1 atom stereocenters. The number of nitrogens with one attached hydrogen (secondary N) is 1. The van der Waals surface area contributed by atoms with Crippen LogP contribution in [0.5, 0.6) is 0 Å². The third-order valence-corrected chi connectivity index (χ3v) is 5.93. The second-order valence-corrected chi connectivity index (χ2v) is 8.52. The molecule has 1 aliphatic rings. The largest absolute Gasteiger partial charge is 0.467 e. The molecule has 0 saturated heterocycles. The van der Waals surface area contributed by atoms with Crippen molar-refractivity contribution in [2.24, 2.45) is 5.10 Å². The number of hydrogen-bond acceptors (Lipinski definition) is 7. The molecule has 1 aliphatic heterocycles. The maximum absolute atomic E-state index is 13.1. The van der Waals surface area contributed by atoms with Gasteiger partial charge in [-0.05, 0) is 54.1 Å². The van der Waals surface area contributed by atoms with Crippen molar-refractivity contribution in [1.82, 2.24) is 5.01 Å². The van der Waals surface area contributed by atoms with Gasteiger partial charge in [0.1, 0.15) is 11.8 Å². The third kappa shape index (κ3) is 5.31. The van der Waals surface area contributed by atoms with Crippen molar-refractivity contribution in [3.8, 4) is 0 Å². The predicted molar refractivity (Wildman–Crippen MR) is 134 cm³/mol. The van der Waals surface area contributed by atoms with Gasteiger partial charge in [0.05, 0.1) is 29.5 Å². The highest BCUT2D eigenvalue weighted by Crippen LogP contribution is 2.33. The number of nitrogens with zero attached hydrogens (tertiary/aromatic N) is 2. The normalized spacial score (nSPS) is 14.8. The Morgan fingerprint density at radius 2 is 1.73 bits per heavy atom. The number of furan rings is 2. The van der Waals surface area contributed by atoms with E-state index in [1.807, 2.05) is 12.1 Å². The van der Waals surface area contributed by atoms with Gasteiger partial charge in [-0.15, -0.1) is 0 Å². The SMILES string of the molecule is O=C(Nc1ccccc1C(=O)OCC(=O)N1N=C(c2ccc(Cl)cc2)C[C@@H]1c1ccco1)c1ccco1. The number of para-hydroxylation sites is 1. The first kappa shape index (κ1) is 24.1. The quantitative estimate of drug-likeness (QED) is 0.332. The van der Waals surface area contributed by atoms with Gasteiger partial charge in [-0.25, -0.2) is 9.80 Å². The topological polar surface area (TPSA) is 114 Å². The van der Waals surface area contributed by atoms with Crippen molar-refractivity contribution >= 4 is 40.8 Å². The molecule has 0 saturated carbocycles. The van der Waals surface area contributed by atoms with Crippen molar-refractivity contribution in [1.29, 1.82) is 0 Å². The van der Waals surface area contributed by atoms with E-state index in [4.69, 9.17) is 25.2 Å². The lowest BCUT2D eigenvalue weighted by Gasteiger charge is -2.19. The fourth-order valence-corrected chi connectivity index (χ4v) is 4.02. The molecule has 0 unspecified atom stereocenters. The molecule has 4 aromatic rings. The van der Waals surface area contributed by atoms with Gasteiger partial charge in [-0.3, -0.25) is 9.59 Å². The van der Waals surface area contributed by atoms with Crippen LogP contribution in [-0.4, -0.2) is 35.1 Å². The van der Waals surface area contributed by atoms with Crippen molar-refractivity contribution in [3.05, 3.63) is 113 Å². The smallest absolute Gasteiger partial charge is 0.340 e. The molecule has 0 bridgehead atoms. The molecule has 0 radical (unpaired) electrons. The molecule has 5 rings (SSSR count). The molecular weight excluding hydrogens is 498 g/mol. The van der Waals surface area contributed by atoms with Crippen LogP contribution < -0.4 is 5.32 Å². The summed E-state index contributed by atoms with van der Waals surface area (Å²) in [5, 5.41) is 8.97. The summed E-state index contributed by atoms with van der Waals surface area (Å²) in [6, 6.07) is 19.5. The van der Waals surface area contributed by atoms with Crippen LogP contribution in [0.2, 0.25) is 5.02 Å². The number of hydrogen-bond donors (Lipinski definition) is 1. The second kappa shape index (κ2) is 10.5. The molecule has 2 aromatic heterocycles. The lowest BCUT2D eigenvalue weighted by molar-refractivity contribution is -0.136. The van der Waals surface area contributed by atoms with Gasteiger partial charge < -0.3 is 18.9 Å². The van der Waals surface area contributed by atoms with E-state index in [0.717, 1.165) is 5.56 Å². The van der Waals surface area contributed by atoms with Gasteiger partial charge in [0.2, 0.25) is 0 Å². The Morgan fingerprint density at radius 1 is 0.973 bits per heavy atom. The van der Waals surface area contributed by atoms with Gasteiger partial charge in [0, 0.05) is 11.4 Å². The molecule has 0 aliphatic carbocycles. The summed E-state index contributed by atoms with van der Waals surface area (Å²) in [7, 11) is 0. The van der Waals surface area contributed by atoms with Gasteiger partial charge in [-0.1, -0.05) is 35.9 Å². The summed E-state index contributed by atoms with van der Waals surface area (Å²) in [6.45, 7) is -0.562. The zero-order valence-electron chi connectivity index (χ0n) is 19.3. The van der Waals surface area contributed by atoms with E-state index in [-0.39, 0.29) is 17.0 Å². The van der Waals surface area contributed by atoms with Crippen LogP contribution in [0.1, 0.15) is 44.7 Å². The fourth-order valence-electron chi connectivity index (χ4n) is 3.89. The Hall–Kier alpha value is -4.63. The summed E-state index contributed by atoms with van der Waals surface area (Å²) in [4.78, 5) is 38.3. The monoisotopic (exact) mass is 517 g/mol. The fraction of sp³-hybridized carbons (Fsp3) is 0.111. The minimum absolute atomic E-state index is 0.0876. The maximum Gasteiger partial charge on any atom is 0.340 e. The molecule has 10 heteroatoms. The van der Waals surface area contributed by atoms with E-state index < -0.39 is 30.4 Å². The van der Waals surface area contributed by atoms with E-state index >= 15 is 0 Å². The molecule has 2 aromatic carbocycles. The molecule has 0 fully saturated rings. The van der Waals surface area contributed by atoms with Crippen LogP contribution in [-0.2, 0) is 9.53 Å². The van der Waals surface area contributed by atoms with Crippen molar-refractivity contribution < 1.29 is 28.0 Å². The number of esters is 1. The summed E-state index contributed by atoms with van der Waals surface area (Å²) in [5.41, 5.74) is 1.79. The molecule has 3 heterocycles. The minimum atomic E-state index is -0.778. The first-order chi connectivity index (χ1) is 18.0. The number of amides is 2. The Labute approximate surface area is 216 Å². The molecule has 0 spiro atoms. The lowest BCUT2D eigenvalue weighted by Crippen LogP contribution is -2.31. The Kier molecular flexibility index (Phi) is 6.87. The number of carbonyl (C=O) groups is 3. The standard InChI is InChI=1S/C27H20ClN3O6/c28-18-11-9-17(10-12-18)21-15-22(23-7-3-13-35-23)31(30-21)25(32)16-37-27(34)19-5-1-2-6-20(19)29-26(33)24-8-4-14-36-24/h1-14,22H,15-16H2,(H,29,33)/t22-/m1/s1. The highest BCUT2D eigenvalue weighted by atomic mass is 35.5. The van der Waals surface area contributed by atoms with Crippen molar-refractivity contribution in [2.45, 2.75) is 12.5 Å². The number of rotatable bonds is 7. The van der Waals surface area contributed by atoms with Crippen LogP contribution in [0.4, 0.5) is 5.69 Å². The first-order valence-corrected chi connectivity index (χ1v) is 11.7. The maximum atomic E-state index is 13.1. The van der Waals surface area contributed by atoms with Gasteiger partial charge >= 0.3 is 5.97 Å². The van der Waals surface area contributed by atoms with Gasteiger partial charge in [0.15, 0.2) is 12.4 Å². The van der Waals surface area contributed by atoms with Crippen LogP contribution in [0.15, 0.2) is 99.3 Å². The van der Waals surface area contributed by atoms with Crippen LogP contribution in [0.25, 0.3) is 0 Å². The number of benzene rings is 2. The van der Waals surface area contributed by atoms with E-state index in [2.05, 4.69) is 10.4 Å². The molecular formula is C27H20ClN3O6. The second-order valence-electron chi connectivity index (χ2n) is 8.08. The molecule has 9 nitrogen and oxygen atoms in total. The average molecular weight is 518 g/mol. The number of carbonyl (C=O) groups excluding carboxylic acids is 3. The van der Waals surface area contributed by atoms with Crippen LogP contribution >= 0.6 is 11.6 Å². The summed E-state index contributed by atoms with van der Waals surface area (Å²) >= 11 is 6.00. The summed E-state index contributed by atoms with van der Waals surface area (Å²) < 4.78 is 15.9. The molecule has 1 N–H and O–H groups in total. The number of ether oxygens (including phenoxy) is 1. The number of halogens is 1. The van der Waals surface area contributed by atoms with Crippen molar-refractivity contribution in [3.63, 3.8) is 0 Å². The average Bonchev–Trinajstić information content (AvgIpc) is 3.69. The zero-order valence-corrected chi connectivity index (χ0v) is 20.1. The van der Waals surface area contributed by atoms with E-state index in [0.29, 0.717) is 22.9 Å². The highest BCUT2D eigenvalue weighted by Gasteiger charge is 2.35. The molecule has 2 amide bonds. The minimum Gasteiger partial charge on any atom is -0.467 e. The first-order valence-electron chi connectivity index (χ1n) is 11.3. The van der Waals surface area contributed by atoms with Gasteiger partial charge in [0.25, 0.3) is 11.8 Å².